The molecule has 17 heavy (non-hydrogen) atoms. The normalized spacial score (nSPS) is 21.1. The highest BCUT2D eigenvalue weighted by atomic mass is 32.2. The first-order valence-corrected chi connectivity index (χ1v) is 10.6. The highest BCUT2D eigenvalue weighted by Crippen LogP contribution is 2.27. The van der Waals surface area contributed by atoms with Crippen molar-refractivity contribution < 1.29 is 0 Å². The molecule has 2 heterocycles. The number of hydrogen-bond acceptors (Lipinski definition) is 3. The van der Waals surface area contributed by atoms with Crippen LogP contribution in [0, 0.1) is 5.92 Å². The minimum atomic E-state index is -1.36. The van der Waals surface area contributed by atoms with Gasteiger partial charge in [-0.15, -0.1) is 11.8 Å². The first-order valence-electron chi connectivity index (χ1n) is 6.14. The zero-order chi connectivity index (χ0) is 12.6. The summed E-state index contributed by atoms with van der Waals surface area (Å²) in [5, 5.41) is 5.66. The van der Waals surface area contributed by atoms with E-state index < -0.39 is 8.24 Å². The minimum absolute atomic E-state index is 0.477. The van der Waals surface area contributed by atoms with Crippen LogP contribution in [0.15, 0.2) is 17.4 Å². The molecule has 1 aromatic rings. The molecular weight excluding hydrogens is 246 g/mol. The van der Waals surface area contributed by atoms with Gasteiger partial charge in [-0.1, -0.05) is 13.8 Å². The quantitative estimate of drug-likeness (QED) is 0.788. The smallest absolute Gasteiger partial charge is 0.175 e. The largest absolute Gasteiger partial charge is 0.301 e. The first kappa shape index (κ1) is 12.9. The van der Waals surface area contributed by atoms with E-state index in [0.29, 0.717) is 12.0 Å². The Morgan fingerprint density at radius 2 is 2.12 bits per heavy atom. The molecule has 1 aliphatic heterocycles. The van der Waals surface area contributed by atoms with E-state index >= 15 is 0 Å². The van der Waals surface area contributed by atoms with Crippen molar-refractivity contribution in [1.82, 2.24) is 9.45 Å². The van der Waals surface area contributed by atoms with Gasteiger partial charge in [-0.25, -0.2) is 0 Å². The van der Waals surface area contributed by atoms with Crippen LogP contribution in [0.1, 0.15) is 19.4 Å². The summed E-state index contributed by atoms with van der Waals surface area (Å²) in [6.45, 7) is 11.4. The van der Waals surface area contributed by atoms with E-state index in [2.05, 4.69) is 49.1 Å². The van der Waals surface area contributed by atoms with Crippen LogP contribution < -0.4 is 0 Å². The number of rotatable bonds is 3. The van der Waals surface area contributed by atoms with Crippen LogP contribution in [0.3, 0.4) is 0 Å². The summed E-state index contributed by atoms with van der Waals surface area (Å²) >= 11 is 1.87. The van der Waals surface area contributed by atoms with Crippen molar-refractivity contribution in [3.8, 4) is 0 Å². The van der Waals surface area contributed by atoms with Gasteiger partial charge in [-0.05, 0) is 25.6 Å². The molecule has 3 nitrogen and oxygen atoms in total. The third-order valence-electron chi connectivity index (χ3n) is 2.96. The number of thioether (sulfide) groups is 1. The molecule has 1 unspecified atom stereocenters. The number of nitrogens with zero attached hydrogens (tertiary/aromatic N) is 3. The highest BCUT2D eigenvalue weighted by Gasteiger charge is 2.24. The molecule has 0 fully saturated rings. The van der Waals surface area contributed by atoms with E-state index in [9.17, 15) is 0 Å². The lowest BCUT2D eigenvalue weighted by Gasteiger charge is -2.15. The highest BCUT2D eigenvalue weighted by molar-refractivity contribution is 8.14. The van der Waals surface area contributed by atoms with E-state index in [1.165, 1.54) is 10.6 Å². The van der Waals surface area contributed by atoms with Gasteiger partial charge < -0.3 is 4.35 Å². The van der Waals surface area contributed by atoms with Crippen LogP contribution in [0.4, 0.5) is 0 Å². The lowest BCUT2D eigenvalue weighted by Crippen LogP contribution is -2.32. The summed E-state index contributed by atoms with van der Waals surface area (Å²) < 4.78 is 2.15. The molecule has 0 saturated heterocycles. The molecule has 0 N–H and O–H groups in total. The van der Waals surface area contributed by atoms with Crippen molar-refractivity contribution in [1.29, 1.82) is 0 Å². The molecule has 0 radical (unpaired) electrons. The zero-order valence-electron chi connectivity index (χ0n) is 11.3. The van der Waals surface area contributed by atoms with Gasteiger partial charge >= 0.3 is 0 Å². The fraction of sp³-hybridized carbons (Fsp3) is 0.667. The van der Waals surface area contributed by atoms with Gasteiger partial charge in [-0.2, -0.15) is 5.10 Å². The van der Waals surface area contributed by atoms with Crippen molar-refractivity contribution in [3.63, 3.8) is 0 Å². The Morgan fingerprint density at radius 3 is 2.59 bits per heavy atom. The van der Waals surface area contributed by atoms with E-state index in [4.69, 9.17) is 4.99 Å². The van der Waals surface area contributed by atoms with Gasteiger partial charge in [0.2, 0.25) is 0 Å². The maximum Gasteiger partial charge on any atom is 0.175 e. The van der Waals surface area contributed by atoms with Crippen molar-refractivity contribution in [2.75, 3.05) is 5.75 Å². The molecule has 1 aliphatic rings. The minimum Gasteiger partial charge on any atom is -0.301 e. The van der Waals surface area contributed by atoms with Gasteiger partial charge in [0.15, 0.2) is 8.24 Å². The summed E-state index contributed by atoms with van der Waals surface area (Å²) in [4.78, 5) is 4.79. The van der Waals surface area contributed by atoms with Crippen LogP contribution in [0.5, 0.6) is 0 Å². The fourth-order valence-corrected chi connectivity index (χ4v) is 3.89. The van der Waals surface area contributed by atoms with Crippen LogP contribution in [0.2, 0.25) is 19.6 Å². The summed E-state index contributed by atoms with van der Waals surface area (Å²) in [6, 6.07) is 0.477. The standard InChI is InChI=1S/C12H21N3SSi/c1-9(2)11-8-16-12(14-11)10-6-13-15(7-10)17(3,4)5/h6-7,9,11H,8H2,1-5H3. The van der Waals surface area contributed by atoms with Crippen LogP contribution in [0.25, 0.3) is 0 Å². The maximum atomic E-state index is 4.79. The fourth-order valence-electron chi connectivity index (χ4n) is 1.69. The molecule has 94 valence electrons. The van der Waals surface area contributed by atoms with E-state index in [1.54, 1.807) is 0 Å². The Kier molecular flexibility index (Phi) is 3.50. The Balaban J connectivity index is 2.19. The van der Waals surface area contributed by atoms with Crippen LogP contribution in [-0.2, 0) is 0 Å². The topological polar surface area (TPSA) is 30.2 Å². The second-order valence-corrected chi connectivity index (χ2v) is 11.7. The van der Waals surface area contributed by atoms with Gasteiger partial charge in [0.1, 0.15) is 5.04 Å². The first-order chi connectivity index (χ1) is 7.88. The molecule has 1 aromatic heterocycles. The summed E-state index contributed by atoms with van der Waals surface area (Å²) in [5.41, 5.74) is 1.19. The molecule has 0 spiro atoms. The number of aromatic nitrogens is 2. The van der Waals surface area contributed by atoms with Crippen molar-refractivity contribution in [2.24, 2.45) is 10.9 Å². The summed E-state index contributed by atoms with van der Waals surface area (Å²) in [7, 11) is -1.36. The Hall–Kier alpha value is -0.553. The third kappa shape index (κ3) is 2.82. The number of aliphatic imine (C=N–C) groups is 1. The van der Waals surface area contributed by atoms with E-state index in [-0.39, 0.29) is 0 Å². The van der Waals surface area contributed by atoms with E-state index in [0.717, 1.165) is 5.75 Å². The predicted molar refractivity (Wildman–Crippen MR) is 78.6 cm³/mol. The third-order valence-corrected chi connectivity index (χ3v) is 5.70. The Bertz CT molecular complexity index is 431. The average molecular weight is 267 g/mol. The van der Waals surface area contributed by atoms with Crippen LogP contribution >= 0.6 is 11.8 Å². The predicted octanol–water partition coefficient (Wildman–Crippen LogP) is 3.08. The summed E-state index contributed by atoms with van der Waals surface area (Å²) in [5.74, 6) is 1.75. The van der Waals surface area contributed by atoms with Crippen molar-refractivity contribution >= 4 is 25.0 Å². The average Bonchev–Trinajstić information content (AvgIpc) is 2.85. The summed E-state index contributed by atoms with van der Waals surface area (Å²) in [6.07, 6.45) is 4.13. The Labute approximate surface area is 109 Å². The SMILES string of the molecule is CC(C)C1CSC(c2cnn([Si](C)(C)C)c2)=N1. The molecule has 2 rings (SSSR count). The molecule has 1 atom stereocenters. The van der Waals surface area contributed by atoms with Crippen LogP contribution in [-0.4, -0.2) is 34.5 Å². The molecule has 0 amide bonds. The maximum absolute atomic E-state index is 4.79. The molecular formula is C12H21N3SSi. The van der Waals surface area contributed by atoms with Crippen molar-refractivity contribution in [2.45, 2.75) is 39.5 Å². The second-order valence-electron chi connectivity index (χ2n) is 5.90. The molecule has 0 saturated carbocycles. The van der Waals surface area contributed by atoms with Gasteiger partial charge in [0.25, 0.3) is 0 Å². The molecule has 0 aliphatic carbocycles. The lowest BCUT2D eigenvalue weighted by atomic mass is 10.1. The Morgan fingerprint density at radius 1 is 1.41 bits per heavy atom. The molecule has 5 heteroatoms. The number of hydrogen-bond donors (Lipinski definition) is 0. The van der Waals surface area contributed by atoms with Gasteiger partial charge in [0.05, 0.1) is 12.2 Å². The van der Waals surface area contributed by atoms with Gasteiger partial charge in [0, 0.05) is 17.5 Å². The lowest BCUT2D eigenvalue weighted by molar-refractivity contribution is 0.544. The van der Waals surface area contributed by atoms with Crippen molar-refractivity contribution in [3.05, 3.63) is 18.0 Å². The monoisotopic (exact) mass is 267 g/mol. The molecule has 0 aromatic carbocycles. The van der Waals surface area contributed by atoms with E-state index in [1.807, 2.05) is 18.0 Å². The zero-order valence-corrected chi connectivity index (χ0v) is 13.1. The molecule has 0 bridgehead atoms. The second kappa shape index (κ2) is 4.61. The van der Waals surface area contributed by atoms with Gasteiger partial charge in [-0.3, -0.25) is 4.99 Å².